The van der Waals surface area contributed by atoms with Crippen LogP contribution in [0.1, 0.15) is 0 Å². The first kappa shape index (κ1) is 15.8. The lowest BCUT2D eigenvalue weighted by molar-refractivity contribution is 1.16. The van der Waals surface area contributed by atoms with Crippen LogP contribution in [0.25, 0.3) is 34.0 Å². The molecule has 0 spiro atoms. The Labute approximate surface area is 154 Å². The van der Waals surface area contributed by atoms with Crippen molar-refractivity contribution in [3.63, 3.8) is 0 Å². The highest BCUT2D eigenvalue weighted by atomic mass is 35.5. The Kier molecular flexibility index (Phi) is 4.22. The first-order chi connectivity index (χ1) is 12.2. The van der Waals surface area contributed by atoms with Crippen molar-refractivity contribution in [2.45, 2.75) is 0 Å². The molecule has 0 amide bonds. The Balaban J connectivity index is 1.96. The van der Waals surface area contributed by atoms with E-state index in [2.05, 4.69) is 15.0 Å². The van der Waals surface area contributed by atoms with Crippen molar-refractivity contribution in [2.24, 2.45) is 0 Å². The number of hydrogen-bond donors (Lipinski definition) is 1. The van der Waals surface area contributed by atoms with Crippen LogP contribution in [0.3, 0.4) is 0 Å². The van der Waals surface area contributed by atoms with Gasteiger partial charge >= 0.3 is 0 Å². The predicted molar refractivity (Wildman–Crippen MR) is 101 cm³/mol. The largest absolute Gasteiger partial charge is 0.336 e. The molecule has 2 aromatic carbocycles. The summed E-state index contributed by atoms with van der Waals surface area (Å²) < 4.78 is 0. The lowest BCUT2D eigenvalue weighted by Gasteiger charge is -2.03. The molecule has 0 aliphatic heterocycles. The third kappa shape index (κ3) is 3.02. The SMILES string of the molecule is Clc1cccc(Cl)c1-c1nc(-c2ccccc2)c(-c2ccncn2)[nH]1. The number of aromatic nitrogens is 4. The van der Waals surface area contributed by atoms with Gasteiger partial charge in [0.15, 0.2) is 0 Å². The molecule has 2 aromatic heterocycles. The highest BCUT2D eigenvalue weighted by molar-refractivity contribution is 6.39. The normalized spacial score (nSPS) is 10.8. The van der Waals surface area contributed by atoms with Gasteiger partial charge in [-0.3, -0.25) is 0 Å². The average molecular weight is 367 g/mol. The van der Waals surface area contributed by atoms with Crippen LogP contribution < -0.4 is 0 Å². The molecule has 0 atom stereocenters. The molecule has 0 aliphatic rings. The maximum Gasteiger partial charge on any atom is 0.141 e. The van der Waals surface area contributed by atoms with Gasteiger partial charge in [0.05, 0.1) is 32.7 Å². The van der Waals surface area contributed by atoms with Crippen molar-refractivity contribution in [2.75, 3.05) is 0 Å². The van der Waals surface area contributed by atoms with Crippen LogP contribution in [0.2, 0.25) is 10.0 Å². The first-order valence-corrected chi connectivity index (χ1v) is 8.36. The van der Waals surface area contributed by atoms with Crippen LogP contribution in [0.15, 0.2) is 67.1 Å². The molecule has 122 valence electrons. The van der Waals surface area contributed by atoms with Crippen molar-refractivity contribution >= 4 is 23.2 Å². The fourth-order valence-electron chi connectivity index (χ4n) is 2.64. The number of nitrogens with one attached hydrogen (secondary N) is 1. The Morgan fingerprint density at radius 2 is 1.60 bits per heavy atom. The monoisotopic (exact) mass is 366 g/mol. The van der Waals surface area contributed by atoms with E-state index >= 15 is 0 Å². The molecule has 4 rings (SSSR count). The maximum absolute atomic E-state index is 6.35. The number of halogens is 2. The third-order valence-corrected chi connectivity index (χ3v) is 4.42. The van der Waals surface area contributed by atoms with Gasteiger partial charge in [-0.25, -0.2) is 15.0 Å². The van der Waals surface area contributed by atoms with Crippen molar-refractivity contribution in [1.82, 2.24) is 19.9 Å². The Morgan fingerprint density at radius 1 is 0.840 bits per heavy atom. The van der Waals surface area contributed by atoms with Gasteiger partial charge in [0, 0.05) is 11.8 Å². The number of hydrogen-bond acceptors (Lipinski definition) is 3. The number of H-pyrrole nitrogens is 1. The van der Waals surface area contributed by atoms with Gasteiger partial charge < -0.3 is 4.98 Å². The van der Waals surface area contributed by atoms with Crippen molar-refractivity contribution in [3.8, 4) is 34.0 Å². The Morgan fingerprint density at radius 3 is 2.28 bits per heavy atom. The summed E-state index contributed by atoms with van der Waals surface area (Å²) >= 11 is 12.7. The molecule has 0 radical (unpaired) electrons. The van der Waals surface area contributed by atoms with Gasteiger partial charge in [-0.2, -0.15) is 0 Å². The lowest BCUT2D eigenvalue weighted by Crippen LogP contribution is -1.87. The van der Waals surface area contributed by atoms with Crippen LogP contribution >= 0.6 is 23.2 Å². The summed E-state index contributed by atoms with van der Waals surface area (Å²) in [5.74, 6) is 0.600. The molecule has 0 bridgehead atoms. The molecule has 0 unspecified atom stereocenters. The van der Waals surface area contributed by atoms with E-state index in [0.29, 0.717) is 21.4 Å². The Bertz CT molecular complexity index is 937. The standard InChI is InChI=1S/C19H12Cl2N4/c20-13-7-4-8-14(21)16(13)19-24-17(12-5-2-1-3-6-12)18(25-19)15-9-10-22-11-23-15/h1-11H,(H,24,25). The van der Waals surface area contributed by atoms with Crippen LogP contribution in [0.5, 0.6) is 0 Å². The minimum absolute atomic E-state index is 0.537. The molecule has 0 saturated carbocycles. The van der Waals surface area contributed by atoms with E-state index in [4.69, 9.17) is 28.2 Å². The van der Waals surface area contributed by atoms with Gasteiger partial charge in [0.1, 0.15) is 12.2 Å². The number of rotatable bonds is 3. The molecular formula is C19H12Cl2N4. The molecule has 4 nitrogen and oxygen atoms in total. The van der Waals surface area contributed by atoms with E-state index in [1.807, 2.05) is 36.4 Å². The summed E-state index contributed by atoms with van der Waals surface area (Å²) in [6, 6.07) is 17.1. The second-order valence-electron chi connectivity index (χ2n) is 5.37. The number of imidazole rings is 1. The summed E-state index contributed by atoms with van der Waals surface area (Å²) in [6.45, 7) is 0. The zero-order chi connectivity index (χ0) is 17.2. The smallest absolute Gasteiger partial charge is 0.141 e. The summed E-state index contributed by atoms with van der Waals surface area (Å²) in [4.78, 5) is 16.4. The second-order valence-corrected chi connectivity index (χ2v) is 6.18. The summed E-state index contributed by atoms with van der Waals surface area (Å²) in [5.41, 5.74) is 3.96. The summed E-state index contributed by atoms with van der Waals surface area (Å²) in [6.07, 6.45) is 3.20. The van der Waals surface area contributed by atoms with E-state index in [1.165, 1.54) is 6.33 Å². The van der Waals surface area contributed by atoms with Crippen LogP contribution in [-0.4, -0.2) is 19.9 Å². The third-order valence-electron chi connectivity index (χ3n) is 3.79. The van der Waals surface area contributed by atoms with Gasteiger partial charge in [0.25, 0.3) is 0 Å². The van der Waals surface area contributed by atoms with Crippen LogP contribution in [0.4, 0.5) is 0 Å². The topological polar surface area (TPSA) is 54.5 Å². The first-order valence-electron chi connectivity index (χ1n) is 7.60. The summed E-state index contributed by atoms with van der Waals surface area (Å²) in [7, 11) is 0. The molecule has 6 heteroatoms. The lowest BCUT2D eigenvalue weighted by atomic mass is 10.1. The number of aromatic amines is 1. The minimum atomic E-state index is 0.537. The van der Waals surface area contributed by atoms with Crippen molar-refractivity contribution < 1.29 is 0 Å². The van der Waals surface area contributed by atoms with Crippen LogP contribution in [-0.2, 0) is 0 Å². The van der Waals surface area contributed by atoms with E-state index in [1.54, 1.807) is 24.4 Å². The van der Waals surface area contributed by atoms with E-state index in [9.17, 15) is 0 Å². The minimum Gasteiger partial charge on any atom is -0.336 e. The fourth-order valence-corrected chi connectivity index (χ4v) is 3.22. The quantitative estimate of drug-likeness (QED) is 0.520. The van der Waals surface area contributed by atoms with Crippen molar-refractivity contribution in [3.05, 3.63) is 77.2 Å². The molecule has 1 N–H and O–H groups in total. The van der Waals surface area contributed by atoms with E-state index in [-0.39, 0.29) is 0 Å². The second kappa shape index (κ2) is 6.67. The van der Waals surface area contributed by atoms with Gasteiger partial charge in [-0.15, -0.1) is 0 Å². The van der Waals surface area contributed by atoms with E-state index < -0.39 is 0 Å². The molecule has 0 saturated heterocycles. The van der Waals surface area contributed by atoms with Crippen LogP contribution in [0, 0.1) is 0 Å². The molecule has 4 aromatic rings. The maximum atomic E-state index is 6.35. The predicted octanol–water partition coefficient (Wildman–Crippen LogP) is 5.51. The van der Waals surface area contributed by atoms with Gasteiger partial charge in [-0.1, -0.05) is 59.6 Å². The average Bonchev–Trinajstić information content (AvgIpc) is 3.08. The molecule has 0 aliphatic carbocycles. The number of benzene rings is 2. The Hall–Kier alpha value is -2.69. The molecule has 2 heterocycles. The van der Waals surface area contributed by atoms with Crippen molar-refractivity contribution in [1.29, 1.82) is 0 Å². The highest BCUT2D eigenvalue weighted by Crippen LogP contribution is 2.37. The van der Waals surface area contributed by atoms with E-state index in [0.717, 1.165) is 22.6 Å². The summed E-state index contributed by atoms with van der Waals surface area (Å²) in [5, 5.41) is 1.07. The fraction of sp³-hybridized carbons (Fsp3) is 0. The van der Waals surface area contributed by atoms with Gasteiger partial charge in [0.2, 0.25) is 0 Å². The highest BCUT2D eigenvalue weighted by Gasteiger charge is 2.19. The zero-order valence-corrected chi connectivity index (χ0v) is 14.5. The van der Waals surface area contributed by atoms with Gasteiger partial charge in [-0.05, 0) is 18.2 Å². The number of nitrogens with zero attached hydrogens (tertiary/aromatic N) is 3. The molecule has 25 heavy (non-hydrogen) atoms. The molecule has 0 fully saturated rings. The zero-order valence-electron chi connectivity index (χ0n) is 12.9. The molecular weight excluding hydrogens is 355 g/mol.